The van der Waals surface area contributed by atoms with Crippen LogP contribution in [-0.4, -0.2) is 53.9 Å². The van der Waals surface area contributed by atoms with E-state index in [9.17, 15) is 9.59 Å². The number of ketones is 1. The van der Waals surface area contributed by atoms with E-state index in [1.807, 2.05) is 0 Å². The fourth-order valence-electron chi connectivity index (χ4n) is 1.07. The van der Waals surface area contributed by atoms with Gasteiger partial charge in [-0.25, -0.2) is 5.48 Å². The normalized spacial score (nSPS) is 21.1. The Hall–Kier alpha value is -0.360. The third-order valence-corrected chi connectivity index (χ3v) is 1.56. The number of hydroxylamine groups is 1. The molecule has 1 heterocycles. The van der Waals surface area contributed by atoms with E-state index in [0.29, 0.717) is 5.70 Å². The van der Waals surface area contributed by atoms with Gasteiger partial charge < -0.3 is 5.32 Å². The Morgan fingerprint density at radius 3 is 2.71 bits per heavy atom. The molecule has 0 spiro atoms. The monoisotopic (exact) mass is 208 g/mol. The molecular weight excluding hydrogens is 195 g/mol. The average molecular weight is 208 g/mol. The fourth-order valence-corrected chi connectivity index (χ4v) is 1.07. The molecule has 1 aliphatic rings. The van der Waals surface area contributed by atoms with E-state index < -0.39 is 6.04 Å². The first kappa shape index (κ1) is 13.6. The van der Waals surface area contributed by atoms with Gasteiger partial charge in [0.1, 0.15) is 12.6 Å². The Labute approximate surface area is 105 Å². The van der Waals surface area contributed by atoms with E-state index in [1.165, 1.54) is 13.0 Å². The number of amides is 1. The van der Waals surface area contributed by atoms with Crippen molar-refractivity contribution in [2.75, 3.05) is 6.61 Å². The number of hydrogen-bond acceptors (Lipinski definition) is 4. The van der Waals surface area contributed by atoms with Gasteiger partial charge in [-0.05, 0) is 19.9 Å². The molecule has 0 saturated carbocycles. The third kappa shape index (κ3) is 4.23. The van der Waals surface area contributed by atoms with E-state index in [-0.39, 0.29) is 47.9 Å². The predicted molar refractivity (Wildman–Crippen MR) is 52.6 cm³/mol. The first-order valence-corrected chi connectivity index (χ1v) is 3.96. The molecule has 6 heteroatoms. The second-order valence-corrected chi connectivity index (χ2v) is 2.91. The first-order chi connectivity index (χ1) is 6.09. The summed E-state index contributed by atoms with van der Waals surface area (Å²) in [7, 11) is 0. The zero-order chi connectivity index (χ0) is 9.84. The summed E-state index contributed by atoms with van der Waals surface area (Å²) in [5.74, 6) is -0.263. The van der Waals surface area contributed by atoms with Crippen LogP contribution in [-0.2, 0) is 14.4 Å². The van der Waals surface area contributed by atoms with Crippen LogP contribution in [0, 0.1) is 0 Å². The zero-order valence-electron chi connectivity index (χ0n) is 7.59. The molecule has 2 N–H and O–H groups in total. The van der Waals surface area contributed by atoms with E-state index >= 15 is 0 Å². The molecule has 1 atom stereocenters. The molecule has 0 aromatic rings. The number of carbonyl (C=O) groups excluding carboxylic acids is 2. The van der Waals surface area contributed by atoms with Crippen LogP contribution >= 0.6 is 0 Å². The summed E-state index contributed by atoms with van der Waals surface area (Å²) in [6.45, 7) is 3.46. The van der Waals surface area contributed by atoms with E-state index in [0.717, 1.165) is 0 Å². The van der Waals surface area contributed by atoms with Crippen molar-refractivity contribution in [3.05, 3.63) is 11.8 Å². The minimum absolute atomic E-state index is 0. The molecule has 1 aliphatic heterocycles. The molecule has 0 aliphatic carbocycles. The summed E-state index contributed by atoms with van der Waals surface area (Å²) >= 11 is 0. The molecule has 1 amide bonds. The van der Waals surface area contributed by atoms with Gasteiger partial charge in [0, 0.05) is 5.70 Å². The predicted octanol–water partition coefficient (Wildman–Crippen LogP) is -1.15. The number of nitrogens with one attached hydrogen (secondary N) is 2. The molecular formula is C8H13N2NaO3. The van der Waals surface area contributed by atoms with Crippen molar-refractivity contribution in [2.45, 2.75) is 19.9 Å². The van der Waals surface area contributed by atoms with Gasteiger partial charge >= 0.3 is 29.6 Å². The average Bonchev–Trinajstić information content (AvgIpc) is 2.34. The minimum atomic E-state index is -0.393. The van der Waals surface area contributed by atoms with Crippen LogP contribution < -0.4 is 10.8 Å². The van der Waals surface area contributed by atoms with Crippen LogP contribution in [0.15, 0.2) is 11.8 Å². The van der Waals surface area contributed by atoms with Crippen LogP contribution in [0.5, 0.6) is 0 Å². The Kier molecular flexibility index (Phi) is 6.03. The molecule has 1 rings (SSSR count). The molecule has 5 nitrogen and oxygen atoms in total. The second kappa shape index (κ2) is 6.19. The van der Waals surface area contributed by atoms with Gasteiger partial charge in [-0.3, -0.25) is 14.4 Å². The number of hydrogen-bond donors (Lipinski definition) is 2. The molecule has 0 bridgehead atoms. The van der Waals surface area contributed by atoms with Crippen LogP contribution in [0.1, 0.15) is 13.8 Å². The van der Waals surface area contributed by atoms with Crippen molar-refractivity contribution in [3.63, 3.8) is 0 Å². The summed E-state index contributed by atoms with van der Waals surface area (Å²) in [6, 6.07) is -0.393. The van der Waals surface area contributed by atoms with Crippen LogP contribution in [0.3, 0.4) is 0 Å². The van der Waals surface area contributed by atoms with E-state index in [1.54, 1.807) is 6.92 Å². The van der Waals surface area contributed by atoms with Gasteiger partial charge in [0.05, 0.1) is 0 Å². The standard InChI is InChI=1S/C8H12N2O3.Na.H/c1-5(3-6(2)11)9-7-4-13-10-8(7)12;;/h3,7,9H,4H2,1-2H3,(H,10,12);;/b5-3+;;. The van der Waals surface area contributed by atoms with Crippen LogP contribution in [0.4, 0.5) is 0 Å². The van der Waals surface area contributed by atoms with Crippen molar-refractivity contribution < 1.29 is 14.4 Å². The van der Waals surface area contributed by atoms with Crippen molar-refractivity contribution in [1.82, 2.24) is 10.8 Å². The third-order valence-electron chi connectivity index (χ3n) is 1.56. The van der Waals surface area contributed by atoms with E-state index in [4.69, 9.17) is 4.84 Å². The molecule has 0 radical (unpaired) electrons. The van der Waals surface area contributed by atoms with Crippen molar-refractivity contribution in [1.29, 1.82) is 0 Å². The Balaban J connectivity index is 0.00000169. The quantitative estimate of drug-likeness (QED) is 0.454. The summed E-state index contributed by atoms with van der Waals surface area (Å²) in [4.78, 5) is 26.3. The van der Waals surface area contributed by atoms with Gasteiger partial charge in [-0.2, -0.15) is 0 Å². The summed E-state index contributed by atoms with van der Waals surface area (Å²) in [5, 5.41) is 2.86. The Morgan fingerprint density at radius 2 is 2.29 bits per heavy atom. The maximum atomic E-state index is 11.0. The first-order valence-electron chi connectivity index (χ1n) is 3.96. The molecule has 0 aromatic carbocycles. The fraction of sp³-hybridized carbons (Fsp3) is 0.500. The summed E-state index contributed by atoms with van der Waals surface area (Å²) in [6.07, 6.45) is 1.44. The second-order valence-electron chi connectivity index (χ2n) is 2.91. The molecule has 14 heavy (non-hydrogen) atoms. The van der Waals surface area contributed by atoms with Crippen molar-refractivity contribution >= 4 is 41.2 Å². The SMILES string of the molecule is CC(=O)/C=C(\C)NC1CONC1=O.[NaH]. The number of allylic oxidation sites excluding steroid dienone is 2. The number of rotatable bonds is 3. The van der Waals surface area contributed by atoms with Crippen molar-refractivity contribution in [3.8, 4) is 0 Å². The maximum absolute atomic E-state index is 11.0. The van der Waals surface area contributed by atoms with E-state index in [2.05, 4.69) is 10.8 Å². The van der Waals surface area contributed by atoms with Gasteiger partial charge in [-0.1, -0.05) is 0 Å². The molecule has 1 unspecified atom stereocenters. The van der Waals surface area contributed by atoms with Gasteiger partial charge in [0.2, 0.25) is 0 Å². The number of carbonyl (C=O) groups is 2. The molecule has 74 valence electrons. The zero-order valence-corrected chi connectivity index (χ0v) is 7.59. The Morgan fingerprint density at radius 1 is 1.64 bits per heavy atom. The molecule has 1 saturated heterocycles. The van der Waals surface area contributed by atoms with Gasteiger partial charge in [0.25, 0.3) is 5.91 Å². The molecule has 0 aromatic heterocycles. The summed E-state index contributed by atoms with van der Waals surface area (Å²) in [5.41, 5.74) is 2.88. The molecule has 1 fully saturated rings. The van der Waals surface area contributed by atoms with Crippen LogP contribution in [0.2, 0.25) is 0 Å². The van der Waals surface area contributed by atoms with Gasteiger partial charge in [0.15, 0.2) is 5.78 Å². The van der Waals surface area contributed by atoms with Crippen LogP contribution in [0.25, 0.3) is 0 Å². The Bertz CT molecular complexity index is 265. The summed E-state index contributed by atoms with van der Waals surface area (Å²) < 4.78 is 0. The topological polar surface area (TPSA) is 67.4 Å². The van der Waals surface area contributed by atoms with Crippen molar-refractivity contribution in [2.24, 2.45) is 0 Å². The van der Waals surface area contributed by atoms with Gasteiger partial charge in [-0.15, -0.1) is 0 Å².